The monoisotopic (exact) mass is 216 g/mol. The Labute approximate surface area is 95.3 Å². The van der Waals surface area contributed by atoms with Crippen molar-refractivity contribution in [2.75, 3.05) is 0 Å². The number of hydrogen-bond acceptors (Lipinski definition) is 2. The summed E-state index contributed by atoms with van der Waals surface area (Å²) >= 11 is 0. The first kappa shape index (κ1) is 10.9. The minimum Gasteiger partial charge on any atom is -0.379 e. The van der Waals surface area contributed by atoms with Gasteiger partial charge in [-0.2, -0.15) is 5.10 Å². The molecule has 0 aliphatic heterocycles. The first-order valence-electron chi connectivity index (χ1n) is 5.45. The van der Waals surface area contributed by atoms with Gasteiger partial charge in [0.05, 0.1) is 5.69 Å². The SMILES string of the molecule is CCC(O)(c1ccccc1)c1ccn(C)n1. The maximum absolute atomic E-state index is 10.7. The largest absolute Gasteiger partial charge is 0.379 e. The Morgan fingerprint density at radius 3 is 2.44 bits per heavy atom. The highest BCUT2D eigenvalue weighted by atomic mass is 16.3. The molecule has 1 unspecified atom stereocenters. The van der Waals surface area contributed by atoms with E-state index in [-0.39, 0.29) is 0 Å². The third kappa shape index (κ3) is 1.74. The van der Waals surface area contributed by atoms with Crippen LogP contribution in [0.25, 0.3) is 0 Å². The van der Waals surface area contributed by atoms with E-state index in [1.54, 1.807) is 4.68 Å². The molecule has 0 aliphatic carbocycles. The smallest absolute Gasteiger partial charge is 0.133 e. The molecule has 1 heterocycles. The van der Waals surface area contributed by atoms with Gasteiger partial charge in [0.15, 0.2) is 0 Å². The van der Waals surface area contributed by atoms with Gasteiger partial charge in [0, 0.05) is 13.2 Å². The molecule has 0 radical (unpaired) electrons. The number of aromatic nitrogens is 2. The van der Waals surface area contributed by atoms with Gasteiger partial charge in [0.2, 0.25) is 0 Å². The average Bonchev–Trinajstić information content (AvgIpc) is 2.76. The lowest BCUT2D eigenvalue weighted by molar-refractivity contribution is 0.0713. The Bertz CT molecular complexity index is 464. The Morgan fingerprint density at radius 1 is 1.25 bits per heavy atom. The van der Waals surface area contributed by atoms with Crippen molar-refractivity contribution in [2.45, 2.75) is 18.9 Å². The van der Waals surface area contributed by atoms with Crippen LogP contribution in [0.1, 0.15) is 24.6 Å². The zero-order valence-corrected chi connectivity index (χ0v) is 9.59. The molecule has 0 amide bonds. The molecule has 16 heavy (non-hydrogen) atoms. The van der Waals surface area contributed by atoms with Crippen LogP contribution < -0.4 is 0 Å². The molecule has 0 spiro atoms. The molecular weight excluding hydrogens is 200 g/mol. The maximum atomic E-state index is 10.7. The Kier molecular flexibility index (Phi) is 2.79. The van der Waals surface area contributed by atoms with Crippen LogP contribution >= 0.6 is 0 Å². The number of nitrogens with zero attached hydrogens (tertiary/aromatic N) is 2. The zero-order chi connectivity index (χ0) is 11.6. The van der Waals surface area contributed by atoms with Crippen molar-refractivity contribution in [1.82, 2.24) is 9.78 Å². The van der Waals surface area contributed by atoms with Crippen LogP contribution in [0.4, 0.5) is 0 Å². The molecule has 1 N–H and O–H groups in total. The summed E-state index contributed by atoms with van der Waals surface area (Å²) in [5.41, 5.74) is 0.600. The molecule has 1 aromatic carbocycles. The Morgan fingerprint density at radius 2 is 1.94 bits per heavy atom. The lowest BCUT2D eigenvalue weighted by Gasteiger charge is -2.25. The Hall–Kier alpha value is -1.61. The summed E-state index contributed by atoms with van der Waals surface area (Å²) in [6.07, 6.45) is 2.45. The van der Waals surface area contributed by atoms with E-state index in [0.29, 0.717) is 12.1 Å². The quantitative estimate of drug-likeness (QED) is 0.853. The average molecular weight is 216 g/mol. The standard InChI is InChI=1S/C13H16N2O/c1-3-13(16,11-7-5-4-6-8-11)12-9-10-15(2)14-12/h4-10,16H,3H2,1-2H3. The summed E-state index contributed by atoms with van der Waals surface area (Å²) in [6, 6.07) is 11.5. The van der Waals surface area contributed by atoms with E-state index in [2.05, 4.69) is 5.10 Å². The zero-order valence-electron chi connectivity index (χ0n) is 9.59. The molecule has 0 saturated carbocycles. The number of aliphatic hydroxyl groups is 1. The van der Waals surface area contributed by atoms with Crippen molar-refractivity contribution in [3.63, 3.8) is 0 Å². The predicted molar refractivity (Wildman–Crippen MR) is 62.9 cm³/mol. The van der Waals surface area contributed by atoms with Crippen molar-refractivity contribution < 1.29 is 5.11 Å². The first-order valence-corrected chi connectivity index (χ1v) is 5.45. The lowest BCUT2D eigenvalue weighted by Crippen LogP contribution is -2.27. The van der Waals surface area contributed by atoms with E-state index in [4.69, 9.17) is 0 Å². The highest BCUT2D eigenvalue weighted by molar-refractivity contribution is 5.31. The van der Waals surface area contributed by atoms with Gasteiger partial charge >= 0.3 is 0 Å². The molecule has 3 nitrogen and oxygen atoms in total. The molecular formula is C13H16N2O. The molecule has 1 aromatic heterocycles. The lowest BCUT2D eigenvalue weighted by atomic mass is 9.88. The van der Waals surface area contributed by atoms with Crippen molar-refractivity contribution in [2.24, 2.45) is 7.05 Å². The van der Waals surface area contributed by atoms with Gasteiger partial charge < -0.3 is 5.11 Å². The number of rotatable bonds is 3. The third-order valence-corrected chi connectivity index (χ3v) is 2.90. The molecule has 0 bridgehead atoms. The molecule has 0 aliphatic rings. The molecule has 84 valence electrons. The fourth-order valence-corrected chi connectivity index (χ4v) is 1.88. The van der Waals surface area contributed by atoms with E-state index in [0.717, 1.165) is 5.56 Å². The topological polar surface area (TPSA) is 38.0 Å². The van der Waals surface area contributed by atoms with Crippen LogP contribution in [0, 0.1) is 0 Å². The normalized spacial score (nSPS) is 14.7. The van der Waals surface area contributed by atoms with Crippen LogP contribution in [0.15, 0.2) is 42.6 Å². The van der Waals surface area contributed by atoms with Gasteiger partial charge in [-0.3, -0.25) is 4.68 Å². The molecule has 2 aromatic rings. The van der Waals surface area contributed by atoms with Crippen LogP contribution in [0.2, 0.25) is 0 Å². The second-order valence-electron chi connectivity index (χ2n) is 3.95. The highest BCUT2D eigenvalue weighted by Crippen LogP contribution is 2.31. The summed E-state index contributed by atoms with van der Waals surface area (Å²) in [7, 11) is 1.85. The van der Waals surface area contributed by atoms with E-state index >= 15 is 0 Å². The molecule has 0 saturated heterocycles. The van der Waals surface area contributed by atoms with E-state index in [1.807, 2.05) is 56.6 Å². The van der Waals surface area contributed by atoms with Crippen LogP contribution in [0.5, 0.6) is 0 Å². The maximum Gasteiger partial charge on any atom is 0.133 e. The Balaban J connectivity index is 2.48. The van der Waals surface area contributed by atoms with Crippen molar-refractivity contribution >= 4 is 0 Å². The third-order valence-electron chi connectivity index (χ3n) is 2.90. The van der Waals surface area contributed by atoms with Crippen LogP contribution in [0.3, 0.4) is 0 Å². The van der Waals surface area contributed by atoms with E-state index in [9.17, 15) is 5.11 Å². The first-order chi connectivity index (χ1) is 7.66. The minimum absolute atomic E-state index is 0.605. The van der Waals surface area contributed by atoms with Crippen LogP contribution in [-0.4, -0.2) is 14.9 Å². The minimum atomic E-state index is -0.984. The molecule has 1 atom stereocenters. The number of hydrogen-bond donors (Lipinski definition) is 1. The summed E-state index contributed by atoms with van der Waals surface area (Å²) in [6.45, 7) is 1.96. The summed E-state index contributed by atoms with van der Waals surface area (Å²) in [4.78, 5) is 0. The van der Waals surface area contributed by atoms with Gasteiger partial charge in [-0.1, -0.05) is 37.3 Å². The fraction of sp³-hybridized carbons (Fsp3) is 0.308. The van der Waals surface area contributed by atoms with Crippen molar-refractivity contribution in [3.8, 4) is 0 Å². The molecule has 0 fully saturated rings. The number of benzene rings is 1. The van der Waals surface area contributed by atoms with Gasteiger partial charge in [0.25, 0.3) is 0 Å². The van der Waals surface area contributed by atoms with Gasteiger partial charge in [-0.15, -0.1) is 0 Å². The molecule has 2 rings (SSSR count). The van der Waals surface area contributed by atoms with Gasteiger partial charge in [-0.25, -0.2) is 0 Å². The van der Waals surface area contributed by atoms with Gasteiger partial charge in [-0.05, 0) is 18.1 Å². The van der Waals surface area contributed by atoms with Crippen molar-refractivity contribution in [1.29, 1.82) is 0 Å². The predicted octanol–water partition coefficient (Wildman–Crippen LogP) is 2.07. The number of aryl methyl sites for hydroxylation is 1. The highest BCUT2D eigenvalue weighted by Gasteiger charge is 2.31. The second-order valence-corrected chi connectivity index (χ2v) is 3.95. The van der Waals surface area contributed by atoms with Crippen molar-refractivity contribution in [3.05, 3.63) is 53.9 Å². The summed E-state index contributed by atoms with van der Waals surface area (Å²) in [5, 5.41) is 15.0. The summed E-state index contributed by atoms with van der Waals surface area (Å²) < 4.78 is 1.71. The molecule has 3 heteroatoms. The summed E-state index contributed by atoms with van der Waals surface area (Å²) in [5.74, 6) is 0. The second kappa shape index (κ2) is 4.10. The van der Waals surface area contributed by atoms with E-state index < -0.39 is 5.60 Å². The fourth-order valence-electron chi connectivity index (χ4n) is 1.88. The van der Waals surface area contributed by atoms with Gasteiger partial charge in [0.1, 0.15) is 5.60 Å². The van der Waals surface area contributed by atoms with Crippen LogP contribution in [-0.2, 0) is 12.6 Å². The van der Waals surface area contributed by atoms with E-state index in [1.165, 1.54) is 0 Å².